The molecule has 0 fully saturated rings. The maximum Gasteiger partial charge on any atom is 0.306 e. The quantitative estimate of drug-likeness (QED) is 0.0330. The molecule has 312 valence electrons. The Balaban J connectivity index is 4.69. The molecule has 0 radical (unpaired) electrons. The molecule has 0 saturated heterocycles. The van der Waals surface area contributed by atoms with Crippen molar-refractivity contribution in [3.8, 4) is 0 Å². The number of ether oxygens (including phenoxy) is 1. The molecule has 0 saturated carbocycles. The Labute approximate surface area is 333 Å². The van der Waals surface area contributed by atoms with Gasteiger partial charge in [-0.3, -0.25) is 9.59 Å². The molecular weight excluding hydrogens is 671 g/mol. The SMILES string of the molecule is CC/C=C/C=C/C=C\C=C/C=C/CC(CC(=O)NC(CO)C(O)CCCCCCCCCCC)OC(=O)CCCCCCCCCCCCCCCCC. The third kappa shape index (κ3) is 36.5. The average molecular weight is 756 g/mol. The van der Waals surface area contributed by atoms with Crippen molar-refractivity contribution < 1.29 is 24.5 Å². The van der Waals surface area contributed by atoms with E-state index >= 15 is 0 Å². The van der Waals surface area contributed by atoms with Gasteiger partial charge in [0.05, 0.1) is 25.2 Å². The lowest BCUT2D eigenvalue weighted by molar-refractivity contribution is -0.150. The summed E-state index contributed by atoms with van der Waals surface area (Å²) in [6, 6.07) is -0.736. The third-order valence-electron chi connectivity index (χ3n) is 9.99. The van der Waals surface area contributed by atoms with Crippen molar-refractivity contribution in [2.75, 3.05) is 6.61 Å². The normalized spacial score (nSPS) is 13.9. The van der Waals surface area contributed by atoms with Crippen molar-refractivity contribution in [3.63, 3.8) is 0 Å². The number of nitrogens with one attached hydrogen (secondary N) is 1. The van der Waals surface area contributed by atoms with Crippen LogP contribution in [0.5, 0.6) is 0 Å². The fourth-order valence-corrected chi connectivity index (χ4v) is 6.57. The van der Waals surface area contributed by atoms with E-state index in [1.807, 2.05) is 54.7 Å². The van der Waals surface area contributed by atoms with Gasteiger partial charge in [0, 0.05) is 12.8 Å². The maximum atomic E-state index is 13.1. The number of esters is 1. The topological polar surface area (TPSA) is 95.9 Å². The largest absolute Gasteiger partial charge is 0.461 e. The molecular formula is C48H85NO5. The lowest BCUT2D eigenvalue weighted by Crippen LogP contribution is -2.46. The molecule has 3 unspecified atom stereocenters. The van der Waals surface area contributed by atoms with Gasteiger partial charge in [-0.1, -0.05) is 229 Å². The van der Waals surface area contributed by atoms with Crippen molar-refractivity contribution in [1.82, 2.24) is 5.32 Å². The van der Waals surface area contributed by atoms with E-state index < -0.39 is 18.2 Å². The van der Waals surface area contributed by atoms with E-state index in [9.17, 15) is 19.8 Å². The standard InChI is InChI=1S/C48H85NO5/c1-4-7-10-13-16-19-21-22-23-24-26-29-32-35-38-41-48(53)54-44(39-36-33-30-28-25-20-17-14-11-8-5-2)42-47(52)49-45(43-50)46(51)40-37-34-31-27-18-15-12-9-6-3/h8,11,14,17,20,25,28,30,33,36,44-46,50-51H,4-7,9-10,12-13,15-16,18-19,21-24,26-27,29,31-32,34-35,37-43H2,1-3H3,(H,49,52)/b11-8+,17-14+,25-20-,30-28-,36-33+. The predicted octanol–water partition coefficient (Wildman–Crippen LogP) is 12.9. The number of aliphatic hydroxyl groups excluding tert-OH is 2. The van der Waals surface area contributed by atoms with Crippen molar-refractivity contribution in [2.24, 2.45) is 0 Å². The van der Waals surface area contributed by atoms with Gasteiger partial charge in [0.2, 0.25) is 5.91 Å². The summed E-state index contributed by atoms with van der Waals surface area (Å²) in [7, 11) is 0. The fraction of sp³-hybridized carbons (Fsp3) is 0.750. The molecule has 6 nitrogen and oxygen atoms in total. The van der Waals surface area contributed by atoms with Crippen LogP contribution in [0.1, 0.15) is 207 Å². The van der Waals surface area contributed by atoms with E-state index in [2.05, 4.69) is 32.2 Å². The number of amides is 1. The van der Waals surface area contributed by atoms with Gasteiger partial charge >= 0.3 is 5.97 Å². The third-order valence-corrected chi connectivity index (χ3v) is 9.99. The van der Waals surface area contributed by atoms with Gasteiger partial charge < -0.3 is 20.3 Å². The lowest BCUT2D eigenvalue weighted by atomic mass is 10.0. The van der Waals surface area contributed by atoms with Crippen LogP contribution in [-0.2, 0) is 14.3 Å². The summed E-state index contributed by atoms with van der Waals surface area (Å²) < 4.78 is 5.81. The number of rotatable bonds is 39. The Bertz CT molecular complexity index is 984. The highest BCUT2D eigenvalue weighted by atomic mass is 16.5. The van der Waals surface area contributed by atoms with Crippen LogP contribution in [0.25, 0.3) is 0 Å². The van der Waals surface area contributed by atoms with Crippen molar-refractivity contribution in [1.29, 1.82) is 0 Å². The van der Waals surface area contributed by atoms with Gasteiger partial charge in [-0.2, -0.15) is 0 Å². The highest BCUT2D eigenvalue weighted by Gasteiger charge is 2.23. The Morgan fingerprint density at radius 2 is 0.963 bits per heavy atom. The van der Waals surface area contributed by atoms with Crippen LogP contribution >= 0.6 is 0 Å². The highest BCUT2D eigenvalue weighted by Crippen LogP contribution is 2.16. The molecule has 6 heteroatoms. The molecule has 0 aliphatic carbocycles. The average Bonchev–Trinajstić information content (AvgIpc) is 3.16. The summed E-state index contributed by atoms with van der Waals surface area (Å²) in [6.45, 7) is 6.26. The van der Waals surface area contributed by atoms with E-state index in [1.165, 1.54) is 116 Å². The second-order valence-electron chi connectivity index (χ2n) is 15.2. The van der Waals surface area contributed by atoms with Crippen LogP contribution in [0.2, 0.25) is 0 Å². The minimum Gasteiger partial charge on any atom is -0.461 e. The fourth-order valence-electron chi connectivity index (χ4n) is 6.57. The van der Waals surface area contributed by atoms with Gasteiger partial charge in [0.25, 0.3) is 0 Å². The van der Waals surface area contributed by atoms with Gasteiger partial charge in [-0.15, -0.1) is 0 Å². The van der Waals surface area contributed by atoms with Crippen LogP contribution < -0.4 is 5.32 Å². The summed E-state index contributed by atoms with van der Waals surface area (Å²) in [4.78, 5) is 25.9. The first-order valence-electron chi connectivity index (χ1n) is 22.6. The number of carbonyl (C=O) groups is 2. The summed E-state index contributed by atoms with van der Waals surface area (Å²) in [6.07, 6.45) is 50.2. The molecule has 0 heterocycles. The maximum absolute atomic E-state index is 13.1. The molecule has 0 bridgehead atoms. The first-order valence-corrected chi connectivity index (χ1v) is 22.6. The number of aliphatic hydroxyl groups is 2. The molecule has 0 rings (SSSR count). The summed E-state index contributed by atoms with van der Waals surface area (Å²) >= 11 is 0. The lowest BCUT2D eigenvalue weighted by Gasteiger charge is -2.24. The predicted molar refractivity (Wildman–Crippen MR) is 232 cm³/mol. The molecule has 54 heavy (non-hydrogen) atoms. The Hall–Kier alpha value is -2.44. The van der Waals surface area contributed by atoms with Crippen molar-refractivity contribution >= 4 is 11.9 Å². The van der Waals surface area contributed by atoms with E-state index in [-0.39, 0.29) is 24.9 Å². The van der Waals surface area contributed by atoms with Gasteiger partial charge in [-0.05, 0) is 19.3 Å². The molecule has 0 spiro atoms. The zero-order valence-corrected chi connectivity index (χ0v) is 35.3. The molecule has 1 amide bonds. The second-order valence-corrected chi connectivity index (χ2v) is 15.2. The summed E-state index contributed by atoms with van der Waals surface area (Å²) in [5.41, 5.74) is 0. The monoisotopic (exact) mass is 756 g/mol. The van der Waals surface area contributed by atoms with Crippen LogP contribution in [0.15, 0.2) is 60.8 Å². The van der Waals surface area contributed by atoms with Crippen LogP contribution in [0.3, 0.4) is 0 Å². The molecule has 0 aromatic carbocycles. The Morgan fingerprint density at radius 1 is 0.556 bits per heavy atom. The van der Waals surface area contributed by atoms with Crippen molar-refractivity contribution in [2.45, 2.75) is 225 Å². The minimum absolute atomic E-state index is 0.0180. The van der Waals surface area contributed by atoms with Gasteiger partial charge in [-0.25, -0.2) is 0 Å². The molecule has 3 N–H and O–H groups in total. The van der Waals surface area contributed by atoms with Gasteiger partial charge in [0.15, 0.2) is 0 Å². The zero-order chi connectivity index (χ0) is 39.6. The number of carbonyl (C=O) groups excluding carboxylic acids is 2. The molecule has 0 aromatic rings. The summed E-state index contributed by atoms with van der Waals surface area (Å²) in [5.74, 6) is -0.608. The van der Waals surface area contributed by atoms with Crippen LogP contribution in [0.4, 0.5) is 0 Å². The highest BCUT2D eigenvalue weighted by molar-refractivity contribution is 5.77. The van der Waals surface area contributed by atoms with Crippen LogP contribution in [-0.4, -0.2) is 46.9 Å². The van der Waals surface area contributed by atoms with Crippen LogP contribution in [0, 0.1) is 0 Å². The Morgan fingerprint density at radius 3 is 1.41 bits per heavy atom. The van der Waals surface area contributed by atoms with E-state index in [0.717, 1.165) is 44.9 Å². The molecule has 3 atom stereocenters. The molecule has 0 aliphatic heterocycles. The second kappa shape index (κ2) is 41.7. The van der Waals surface area contributed by atoms with Crippen molar-refractivity contribution in [3.05, 3.63) is 60.8 Å². The number of allylic oxidation sites excluding steroid dienone is 9. The smallest absolute Gasteiger partial charge is 0.306 e. The minimum atomic E-state index is -0.815. The van der Waals surface area contributed by atoms with E-state index in [4.69, 9.17) is 4.74 Å². The van der Waals surface area contributed by atoms with E-state index in [1.54, 1.807) is 0 Å². The Kier molecular flexibility index (Phi) is 39.8. The number of unbranched alkanes of at least 4 members (excludes halogenated alkanes) is 22. The molecule has 0 aliphatic rings. The first-order chi connectivity index (χ1) is 26.5. The molecule has 0 aromatic heterocycles. The first kappa shape index (κ1) is 51.6. The van der Waals surface area contributed by atoms with Gasteiger partial charge in [0.1, 0.15) is 6.10 Å². The van der Waals surface area contributed by atoms with E-state index in [0.29, 0.717) is 19.3 Å². The number of hydrogen-bond acceptors (Lipinski definition) is 5. The summed E-state index contributed by atoms with van der Waals surface area (Å²) in [5, 5.41) is 23.5. The zero-order valence-electron chi connectivity index (χ0n) is 35.3. The number of hydrogen-bond donors (Lipinski definition) is 3.